The Morgan fingerprint density at radius 3 is 2.67 bits per heavy atom. The van der Waals surface area contributed by atoms with Crippen molar-refractivity contribution >= 4 is 12.2 Å². The molecule has 1 aromatic rings. The second-order valence-corrected chi connectivity index (χ2v) is 1.91. The standard InChI is InChI=1S/C8H10N2.C2H6/c1-3-5-8-7(4-2)9-6-10-8;1-2/h3-6H,2H2,1H3,(H,9,10);1-2H3/b5-3-;. The minimum absolute atomic E-state index is 0.901. The summed E-state index contributed by atoms with van der Waals surface area (Å²) in [6, 6.07) is 0. The normalized spacial score (nSPS) is 9.25. The van der Waals surface area contributed by atoms with Gasteiger partial charge >= 0.3 is 0 Å². The fourth-order valence-electron chi connectivity index (χ4n) is 0.778. The van der Waals surface area contributed by atoms with E-state index < -0.39 is 0 Å². The van der Waals surface area contributed by atoms with Gasteiger partial charge in [0.05, 0.1) is 17.7 Å². The molecule has 1 rings (SSSR count). The van der Waals surface area contributed by atoms with Gasteiger partial charge in [-0.1, -0.05) is 26.5 Å². The van der Waals surface area contributed by atoms with Gasteiger partial charge < -0.3 is 4.98 Å². The van der Waals surface area contributed by atoms with Crippen molar-refractivity contribution in [3.63, 3.8) is 0 Å². The van der Waals surface area contributed by atoms with Crippen LogP contribution in [0.15, 0.2) is 19.0 Å². The van der Waals surface area contributed by atoms with Crippen LogP contribution in [0, 0.1) is 0 Å². The molecule has 0 bridgehead atoms. The molecule has 0 spiro atoms. The average Bonchev–Trinajstić information content (AvgIpc) is 2.56. The summed E-state index contributed by atoms with van der Waals surface area (Å²) in [7, 11) is 0. The van der Waals surface area contributed by atoms with E-state index in [1.165, 1.54) is 0 Å². The van der Waals surface area contributed by atoms with E-state index in [4.69, 9.17) is 0 Å². The Morgan fingerprint density at radius 1 is 1.50 bits per heavy atom. The molecule has 0 aromatic carbocycles. The van der Waals surface area contributed by atoms with Gasteiger partial charge in [0, 0.05) is 0 Å². The lowest BCUT2D eigenvalue weighted by atomic mass is 10.3. The average molecular weight is 164 g/mol. The Balaban J connectivity index is 0.000000561. The Kier molecular flexibility index (Phi) is 5.70. The highest BCUT2D eigenvalue weighted by atomic mass is 14.9. The summed E-state index contributed by atoms with van der Waals surface area (Å²) in [5.41, 5.74) is 1.91. The highest BCUT2D eigenvalue weighted by Gasteiger charge is 1.94. The molecule has 0 saturated carbocycles. The number of hydrogen-bond acceptors (Lipinski definition) is 1. The highest BCUT2D eigenvalue weighted by Crippen LogP contribution is 2.05. The minimum atomic E-state index is 0.901. The largest absolute Gasteiger partial charge is 0.345 e. The Labute approximate surface area is 74.0 Å². The van der Waals surface area contributed by atoms with Gasteiger partial charge in [0.2, 0.25) is 0 Å². The van der Waals surface area contributed by atoms with Crippen molar-refractivity contribution in [1.29, 1.82) is 0 Å². The van der Waals surface area contributed by atoms with Gasteiger partial charge in [-0.3, -0.25) is 0 Å². The van der Waals surface area contributed by atoms with E-state index in [0.717, 1.165) is 11.4 Å². The van der Waals surface area contributed by atoms with Crippen LogP contribution in [0.3, 0.4) is 0 Å². The van der Waals surface area contributed by atoms with Gasteiger partial charge in [-0.25, -0.2) is 4.98 Å². The van der Waals surface area contributed by atoms with Crippen LogP contribution in [0.5, 0.6) is 0 Å². The first-order chi connectivity index (χ1) is 5.88. The van der Waals surface area contributed by atoms with Crippen molar-refractivity contribution < 1.29 is 0 Å². The van der Waals surface area contributed by atoms with E-state index in [1.807, 2.05) is 32.9 Å². The smallest absolute Gasteiger partial charge is 0.0931 e. The molecule has 0 aliphatic carbocycles. The minimum Gasteiger partial charge on any atom is -0.345 e. The maximum Gasteiger partial charge on any atom is 0.0931 e. The summed E-state index contributed by atoms with van der Waals surface area (Å²) < 4.78 is 0. The number of H-pyrrole nitrogens is 1. The zero-order valence-corrected chi connectivity index (χ0v) is 7.96. The maximum atomic E-state index is 4.03. The Bertz CT molecular complexity index is 246. The lowest BCUT2D eigenvalue weighted by molar-refractivity contribution is 1.30. The second kappa shape index (κ2) is 6.40. The zero-order chi connectivity index (χ0) is 9.40. The molecule has 0 fully saturated rings. The molecule has 0 aliphatic heterocycles. The maximum absolute atomic E-state index is 4.03. The fraction of sp³-hybridized carbons (Fsp3) is 0.300. The van der Waals surface area contributed by atoms with E-state index in [1.54, 1.807) is 12.4 Å². The molecule has 0 atom stereocenters. The molecule has 66 valence electrons. The Hall–Kier alpha value is -1.31. The number of nitrogens with one attached hydrogen (secondary N) is 1. The summed E-state index contributed by atoms with van der Waals surface area (Å²) in [4.78, 5) is 7.02. The summed E-state index contributed by atoms with van der Waals surface area (Å²) in [6.45, 7) is 9.60. The highest BCUT2D eigenvalue weighted by molar-refractivity contribution is 5.57. The summed E-state index contributed by atoms with van der Waals surface area (Å²) in [5.74, 6) is 0. The lowest BCUT2D eigenvalue weighted by Gasteiger charge is -1.85. The first kappa shape index (κ1) is 10.7. The van der Waals surface area contributed by atoms with Crippen molar-refractivity contribution in [1.82, 2.24) is 9.97 Å². The van der Waals surface area contributed by atoms with Crippen LogP contribution >= 0.6 is 0 Å². The molecule has 0 saturated heterocycles. The van der Waals surface area contributed by atoms with Crippen molar-refractivity contribution in [3.8, 4) is 0 Å². The van der Waals surface area contributed by atoms with E-state index in [9.17, 15) is 0 Å². The SMILES string of the molecule is C=Cc1nc[nH]c1/C=C\C.CC. The van der Waals surface area contributed by atoms with Crippen LogP contribution in [0.2, 0.25) is 0 Å². The molecule has 1 N–H and O–H groups in total. The van der Waals surface area contributed by atoms with Crippen molar-refractivity contribution in [3.05, 3.63) is 30.4 Å². The third-order valence-corrected chi connectivity index (χ3v) is 1.23. The third-order valence-electron chi connectivity index (χ3n) is 1.23. The molecule has 0 unspecified atom stereocenters. The molecule has 1 aromatic heterocycles. The molecule has 1 heterocycles. The van der Waals surface area contributed by atoms with Crippen LogP contribution in [0.4, 0.5) is 0 Å². The van der Waals surface area contributed by atoms with Crippen LogP contribution in [-0.2, 0) is 0 Å². The van der Waals surface area contributed by atoms with Gasteiger partial charge in [0.25, 0.3) is 0 Å². The van der Waals surface area contributed by atoms with Gasteiger partial charge in [0.15, 0.2) is 0 Å². The number of hydrogen-bond donors (Lipinski definition) is 1. The predicted octanol–water partition coefficient (Wildman–Crippen LogP) is 3.11. The van der Waals surface area contributed by atoms with Gasteiger partial charge in [-0.2, -0.15) is 0 Å². The monoisotopic (exact) mass is 164 g/mol. The molecule has 0 amide bonds. The molecular formula is C10H16N2. The number of aromatic nitrogens is 2. The first-order valence-electron chi connectivity index (χ1n) is 4.17. The van der Waals surface area contributed by atoms with Crippen molar-refractivity contribution in [2.75, 3.05) is 0 Å². The van der Waals surface area contributed by atoms with Gasteiger partial charge in [-0.15, -0.1) is 0 Å². The summed E-state index contributed by atoms with van der Waals surface area (Å²) in [6.07, 6.45) is 7.31. The molecule has 2 heteroatoms. The van der Waals surface area contributed by atoms with E-state index in [-0.39, 0.29) is 0 Å². The summed E-state index contributed by atoms with van der Waals surface area (Å²) in [5, 5.41) is 0. The molecule has 2 nitrogen and oxygen atoms in total. The molecule has 0 aliphatic rings. The van der Waals surface area contributed by atoms with Crippen LogP contribution < -0.4 is 0 Å². The van der Waals surface area contributed by atoms with Gasteiger partial charge in [-0.05, 0) is 19.1 Å². The van der Waals surface area contributed by atoms with Crippen LogP contribution in [-0.4, -0.2) is 9.97 Å². The van der Waals surface area contributed by atoms with Crippen LogP contribution in [0.25, 0.3) is 12.2 Å². The number of aromatic amines is 1. The van der Waals surface area contributed by atoms with E-state index in [0.29, 0.717) is 0 Å². The fourth-order valence-corrected chi connectivity index (χ4v) is 0.778. The second-order valence-electron chi connectivity index (χ2n) is 1.91. The Morgan fingerprint density at radius 2 is 2.17 bits per heavy atom. The van der Waals surface area contributed by atoms with Crippen molar-refractivity contribution in [2.45, 2.75) is 20.8 Å². The summed E-state index contributed by atoms with van der Waals surface area (Å²) >= 11 is 0. The number of imidazole rings is 1. The zero-order valence-electron chi connectivity index (χ0n) is 7.96. The molecule has 0 radical (unpaired) electrons. The van der Waals surface area contributed by atoms with E-state index in [2.05, 4.69) is 16.5 Å². The molecular weight excluding hydrogens is 148 g/mol. The number of nitrogens with zero attached hydrogens (tertiary/aromatic N) is 1. The third kappa shape index (κ3) is 2.74. The van der Waals surface area contributed by atoms with E-state index >= 15 is 0 Å². The first-order valence-corrected chi connectivity index (χ1v) is 4.17. The topological polar surface area (TPSA) is 28.7 Å². The lowest BCUT2D eigenvalue weighted by Crippen LogP contribution is -1.74. The number of allylic oxidation sites excluding steroid dienone is 1. The molecule has 12 heavy (non-hydrogen) atoms. The quantitative estimate of drug-likeness (QED) is 0.714. The van der Waals surface area contributed by atoms with Crippen molar-refractivity contribution in [2.24, 2.45) is 0 Å². The number of rotatable bonds is 2. The van der Waals surface area contributed by atoms with Gasteiger partial charge in [0.1, 0.15) is 0 Å². The van der Waals surface area contributed by atoms with Crippen LogP contribution in [0.1, 0.15) is 32.2 Å². The predicted molar refractivity (Wildman–Crippen MR) is 54.7 cm³/mol.